The second kappa shape index (κ2) is 10.5. The second-order valence-electron chi connectivity index (χ2n) is 4.93. The van der Waals surface area contributed by atoms with Crippen molar-refractivity contribution < 1.29 is 33.6 Å². The molecule has 7 heteroatoms. The lowest BCUT2D eigenvalue weighted by atomic mass is 9.94. The molecular weight excluding hydrogens is 292 g/mol. The molecule has 1 fully saturated rings. The van der Waals surface area contributed by atoms with Gasteiger partial charge in [0, 0.05) is 20.6 Å². The summed E-state index contributed by atoms with van der Waals surface area (Å²) in [5, 5.41) is 8.71. The van der Waals surface area contributed by atoms with Crippen LogP contribution in [0.4, 0.5) is 0 Å². The summed E-state index contributed by atoms with van der Waals surface area (Å²) in [5.74, 6) is 4.61. The van der Waals surface area contributed by atoms with Gasteiger partial charge >= 0.3 is 5.97 Å². The Balaban J connectivity index is 2.67. The highest BCUT2D eigenvalue weighted by Crippen LogP contribution is 2.29. The lowest BCUT2D eigenvalue weighted by Crippen LogP contribution is -2.32. The molecule has 0 aromatic heterocycles. The fourth-order valence-corrected chi connectivity index (χ4v) is 2.33. The van der Waals surface area contributed by atoms with E-state index in [4.69, 9.17) is 28.8 Å². The van der Waals surface area contributed by atoms with Crippen LogP contribution >= 0.6 is 0 Å². The van der Waals surface area contributed by atoms with E-state index in [0.717, 1.165) is 0 Å². The highest BCUT2D eigenvalue weighted by molar-refractivity contribution is 5.75. The van der Waals surface area contributed by atoms with Crippen LogP contribution in [0.5, 0.6) is 0 Å². The van der Waals surface area contributed by atoms with Gasteiger partial charge in [0.1, 0.15) is 32.4 Å². The van der Waals surface area contributed by atoms with E-state index < -0.39 is 5.92 Å². The molecule has 1 N–H and O–H groups in total. The molecule has 0 saturated carbocycles. The maximum atomic E-state index is 12.0. The van der Waals surface area contributed by atoms with Crippen LogP contribution in [-0.4, -0.2) is 63.8 Å². The summed E-state index contributed by atoms with van der Waals surface area (Å²) in [6, 6.07) is 0. The summed E-state index contributed by atoms with van der Waals surface area (Å²) in [6.45, 7) is 1.77. The first-order valence-corrected chi connectivity index (χ1v) is 7.12. The van der Waals surface area contributed by atoms with Crippen LogP contribution in [0.15, 0.2) is 0 Å². The maximum Gasteiger partial charge on any atom is 0.312 e. The highest BCUT2D eigenvalue weighted by atomic mass is 16.7. The molecule has 0 amide bonds. The van der Waals surface area contributed by atoms with Crippen LogP contribution in [0.2, 0.25) is 0 Å². The van der Waals surface area contributed by atoms with E-state index in [-0.39, 0.29) is 44.5 Å². The fourth-order valence-electron chi connectivity index (χ4n) is 2.33. The number of carbonyl (C=O) groups is 1. The van der Waals surface area contributed by atoms with Crippen molar-refractivity contribution >= 4 is 5.97 Å². The quantitative estimate of drug-likeness (QED) is 0.372. The Bertz CT molecular complexity index is 387. The lowest BCUT2D eigenvalue weighted by molar-refractivity contribution is -0.145. The zero-order valence-corrected chi connectivity index (χ0v) is 13.2. The monoisotopic (exact) mass is 316 g/mol. The second-order valence-corrected chi connectivity index (χ2v) is 4.93. The SMILES string of the molecule is COCOC1C(C[C@@H](CC#CCO)OCOC)C(=O)O[C@H]1C. The Morgan fingerprint density at radius 3 is 2.64 bits per heavy atom. The summed E-state index contributed by atoms with van der Waals surface area (Å²) < 4.78 is 26.1. The molecule has 0 radical (unpaired) electrons. The van der Waals surface area contributed by atoms with Crippen LogP contribution in [0, 0.1) is 17.8 Å². The summed E-state index contributed by atoms with van der Waals surface area (Å²) in [7, 11) is 3.04. The van der Waals surface area contributed by atoms with Gasteiger partial charge in [-0.15, -0.1) is 0 Å². The van der Waals surface area contributed by atoms with E-state index in [9.17, 15) is 4.79 Å². The van der Waals surface area contributed by atoms with Crippen molar-refractivity contribution in [3.63, 3.8) is 0 Å². The Morgan fingerprint density at radius 2 is 2.00 bits per heavy atom. The van der Waals surface area contributed by atoms with Crippen LogP contribution in [0.25, 0.3) is 0 Å². The van der Waals surface area contributed by atoms with Crippen molar-refractivity contribution in [1.29, 1.82) is 0 Å². The average molecular weight is 316 g/mol. The smallest absolute Gasteiger partial charge is 0.312 e. The maximum absolute atomic E-state index is 12.0. The van der Waals surface area contributed by atoms with Crippen molar-refractivity contribution in [3.8, 4) is 11.8 Å². The fraction of sp³-hybridized carbons (Fsp3) is 0.800. The third kappa shape index (κ3) is 5.91. The minimum Gasteiger partial charge on any atom is -0.460 e. The van der Waals surface area contributed by atoms with Crippen LogP contribution < -0.4 is 0 Å². The highest BCUT2D eigenvalue weighted by Gasteiger charge is 2.44. The standard InChI is InChI=1S/C15H24O7/c1-11-14(21-10-19-3)13(15(17)22-11)8-12(20-9-18-2)6-4-5-7-16/h11-14,16H,6-10H2,1-3H3/t11-,12+,13?,14?/m0/s1. The number of hydrogen-bond acceptors (Lipinski definition) is 7. The molecule has 126 valence electrons. The zero-order chi connectivity index (χ0) is 16.4. The number of methoxy groups -OCH3 is 2. The van der Waals surface area contributed by atoms with E-state index in [0.29, 0.717) is 12.8 Å². The number of cyclic esters (lactones) is 1. The van der Waals surface area contributed by atoms with Crippen molar-refractivity contribution in [2.24, 2.45) is 5.92 Å². The average Bonchev–Trinajstić information content (AvgIpc) is 2.76. The molecule has 0 aromatic carbocycles. The van der Waals surface area contributed by atoms with Gasteiger partial charge in [-0.1, -0.05) is 11.8 Å². The molecule has 0 bridgehead atoms. The molecular formula is C15H24O7. The van der Waals surface area contributed by atoms with Gasteiger partial charge in [-0.2, -0.15) is 0 Å². The predicted molar refractivity (Wildman–Crippen MR) is 76.6 cm³/mol. The number of rotatable bonds is 9. The van der Waals surface area contributed by atoms with Crippen molar-refractivity contribution in [1.82, 2.24) is 0 Å². The third-order valence-corrected chi connectivity index (χ3v) is 3.31. The van der Waals surface area contributed by atoms with E-state index in [2.05, 4.69) is 11.8 Å². The predicted octanol–water partition coefficient (Wildman–Crippen LogP) is 0.302. The van der Waals surface area contributed by atoms with Gasteiger partial charge in [-0.25, -0.2) is 0 Å². The minimum absolute atomic E-state index is 0.0933. The van der Waals surface area contributed by atoms with Gasteiger partial charge in [0.25, 0.3) is 0 Å². The van der Waals surface area contributed by atoms with Crippen molar-refractivity contribution in [2.75, 3.05) is 34.4 Å². The lowest BCUT2D eigenvalue weighted by Gasteiger charge is -2.22. The Hall–Kier alpha value is -1.17. The molecule has 1 saturated heterocycles. The molecule has 22 heavy (non-hydrogen) atoms. The molecule has 1 heterocycles. The first-order valence-electron chi connectivity index (χ1n) is 7.12. The Morgan fingerprint density at radius 1 is 1.27 bits per heavy atom. The van der Waals surface area contributed by atoms with Gasteiger partial charge in [0.15, 0.2) is 0 Å². The number of hydrogen-bond donors (Lipinski definition) is 1. The van der Waals surface area contributed by atoms with E-state index in [1.807, 2.05) is 0 Å². The first kappa shape index (κ1) is 18.9. The molecule has 0 aliphatic carbocycles. The van der Waals surface area contributed by atoms with E-state index in [1.165, 1.54) is 14.2 Å². The number of aliphatic hydroxyl groups excluding tert-OH is 1. The molecule has 1 aliphatic heterocycles. The minimum atomic E-state index is -0.442. The summed E-state index contributed by atoms with van der Waals surface area (Å²) >= 11 is 0. The normalized spacial score (nSPS) is 25.5. The number of aliphatic hydroxyl groups is 1. The van der Waals surface area contributed by atoms with Gasteiger partial charge in [-0.3, -0.25) is 4.79 Å². The Labute approximate surface area is 130 Å². The molecule has 0 aromatic rings. The topological polar surface area (TPSA) is 83.5 Å². The van der Waals surface area contributed by atoms with Gasteiger partial charge in [0.2, 0.25) is 0 Å². The van der Waals surface area contributed by atoms with Crippen LogP contribution in [-0.2, 0) is 28.5 Å². The Kier molecular flexibility index (Phi) is 9.04. The largest absolute Gasteiger partial charge is 0.460 e. The molecule has 4 atom stereocenters. The van der Waals surface area contributed by atoms with Gasteiger partial charge in [0.05, 0.1) is 12.0 Å². The third-order valence-electron chi connectivity index (χ3n) is 3.31. The van der Waals surface area contributed by atoms with E-state index in [1.54, 1.807) is 6.92 Å². The summed E-state index contributed by atoms with van der Waals surface area (Å²) in [6.07, 6.45) is -0.234. The molecule has 1 rings (SSSR count). The van der Waals surface area contributed by atoms with Crippen molar-refractivity contribution in [3.05, 3.63) is 0 Å². The number of esters is 1. The van der Waals surface area contributed by atoms with Gasteiger partial charge in [-0.05, 0) is 13.3 Å². The number of carbonyl (C=O) groups excluding carboxylic acids is 1. The molecule has 1 aliphatic rings. The molecule has 0 spiro atoms. The van der Waals surface area contributed by atoms with E-state index >= 15 is 0 Å². The first-order chi connectivity index (χ1) is 10.6. The summed E-state index contributed by atoms with van der Waals surface area (Å²) in [4.78, 5) is 12.0. The molecule has 7 nitrogen and oxygen atoms in total. The van der Waals surface area contributed by atoms with Gasteiger partial charge < -0.3 is 28.8 Å². The van der Waals surface area contributed by atoms with Crippen molar-refractivity contribution in [2.45, 2.75) is 38.1 Å². The number of ether oxygens (including phenoxy) is 5. The van der Waals surface area contributed by atoms with Crippen LogP contribution in [0.3, 0.4) is 0 Å². The van der Waals surface area contributed by atoms with Crippen LogP contribution in [0.1, 0.15) is 19.8 Å². The summed E-state index contributed by atoms with van der Waals surface area (Å²) in [5.41, 5.74) is 0. The molecule has 2 unspecified atom stereocenters. The zero-order valence-electron chi connectivity index (χ0n) is 13.2.